The van der Waals surface area contributed by atoms with E-state index < -0.39 is 16.8 Å². The molecule has 0 amide bonds. The van der Waals surface area contributed by atoms with Crippen LogP contribution in [0.3, 0.4) is 0 Å². The Morgan fingerprint density at radius 3 is 1.77 bits per heavy atom. The molecule has 52 heavy (non-hydrogen) atoms. The third kappa shape index (κ3) is 5.73. The molecule has 0 fully saturated rings. The Morgan fingerprint density at radius 2 is 1.27 bits per heavy atom. The zero-order chi connectivity index (χ0) is 36.3. The molecule has 1 aliphatic heterocycles. The maximum atomic E-state index is 11.3. The fraction of sp³-hybridized carbons (Fsp3) is 0.227. The lowest BCUT2D eigenvalue weighted by Crippen LogP contribution is -2.51. The number of nitrogens with one attached hydrogen (secondary N) is 1. The van der Waals surface area contributed by atoms with Gasteiger partial charge in [-0.25, -0.2) is 4.68 Å². The van der Waals surface area contributed by atoms with Crippen LogP contribution >= 0.6 is 0 Å². The third-order valence-corrected chi connectivity index (χ3v) is 10.4. The fourth-order valence-electron chi connectivity index (χ4n) is 7.70. The van der Waals surface area contributed by atoms with Gasteiger partial charge in [-0.1, -0.05) is 148 Å². The largest absolute Gasteiger partial charge is 0.384 e. The minimum Gasteiger partial charge on any atom is -0.384 e. The maximum Gasteiger partial charge on any atom is 0.184 e. The van der Waals surface area contributed by atoms with Crippen molar-refractivity contribution in [3.05, 3.63) is 168 Å². The molecule has 0 saturated carbocycles. The van der Waals surface area contributed by atoms with Gasteiger partial charge in [0.05, 0.1) is 5.70 Å². The lowest BCUT2D eigenvalue weighted by molar-refractivity contribution is 0.0840. The number of aliphatic hydroxyl groups is 1. The number of hydrogen-bond acceptors (Lipinski definition) is 7. The maximum absolute atomic E-state index is 11.3. The summed E-state index contributed by atoms with van der Waals surface area (Å²) in [6, 6.07) is 50.0. The molecule has 6 aromatic rings. The molecule has 0 bridgehead atoms. The minimum atomic E-state index is -1.16. The van der Waals surface area contributed by atoms with Crippen LogP contribution in [0, 0.1) is 11.3 Å². The number of benzene rings is 5. The van der Waals surface area contributed by atoms with Gasteiger partial charge in [0.25, 0.3) is 0 Å². The summed E-state index contributed by atoms with van der Waals surface area (Å²) in [6.45, 7) is 7.91. The number of anilines is 1. The highest BCUT2D eigenvalue weighted by atomic mass is 16.3. The van der Waals surface area contributed by atoms with Gasteiger partial charge in [0.1, 0.15) is 28.6 Å². The molecule has 0 spiro atoms. The van der Waals surface area contributed by atoms with Crippen molar-refractivity contribution in [3.63, 3.8) is 0 Å². The second kappa shape index (κ2) is 13.9. The van der Waals surface area contributed by atoms with Gasteiger partial charge < -0.3 is 15.3 Å². The van der Waals surface area contributed by atoms with Crippen LogP contribution in [0.2, 0.25) is 0 Å². The molecule has 2 N–H and O–H groups in total. The molecule has 0 aliphatic carbocycles. The van der Waals surface area contributed by atoms with Crippen LogP contribution in [-0.4, -0.2) is 36.6 Å². The van der Waals surface area contributed by atoms with Crippen LogP contribution in [0.5, 0.6) is 0 Å². The smallest absolute Gasteiger partial charge is 0.184 e. The van der Waals surface area contributed by atoms with Gasteiger partial charge in [-0.15, -0.1) is 5.10 Å². The summed E-state index contributed by atoms with van der Waals surface area (Å²) in [5, 5.41) is 39.1. The lowest BCUT2D eigenvalue weighted by Gasteiger charge is -2.38. The summed E-state index contributed by atoms with van der Waals surface area (Å²) in [5.74, 6) is 0.622. The Balaban J connectivity index is 1.38. The molecule has 0 radical (unpaired) electrons. The Hall–Kier alpha value is -6.04. The van der Waals surface area contributed by atoms with E-state index >= 15 is 0 Å². The summed E-state index contributed by atoms with van der Waals surface area (Å²) in [4.78, 5) is 2.04. The quantitative estimate of drug-likeness (QED) is 0.132. The number of tetrazole rings is 1. The second-order valence-electron chi connectivity index (χ2n) is 13.8. The number of nitriles is 1. The van der Waals surface area contributed by atoms with Crippen LogP contribution in [0.4, 0.5) is 5.69 Å². The Morgan fingerprint density at radius 1 is 0.750 bits per heavy atom. The van der Waals surface area contributed by atoms with E-state index in [4.69, 9.17) is 10.3 Å². The van der Waals surface area contributed by atoms with E-state index in [9.17, 15) is 10.4 Å². The summed E-state index contributed by atoms with van der Waals surface area (Å²) in [7, 11) is 0. The van der Waals surface area contributed by atoms with E-state index in [0.717, 1.165) is 51.9 Å². The minimum absolute atomic E-state index is 0.439. The summed E-state index contributed by atoms with van der Waals surface area (Å²) in [5.41, 5.74) is 5.15. The molecule has 8 nitrogen and oxygen atoms in total. The predicted octanol–water partition coefficient (Wildman–Crippen LogP) is 8.67. The first-order valence-corrected chi connectivity index (χ1v) is 17.9. The van der Waals surface area contributed by atoms with Gasteiger partial charge in [-0.05, 0) is 77.1 Å². The molecule has 1 aliphatic rings. The average Bonchev–Trinajstić information content (AvgIpc) is 3.80. The van der Waals surface area contributed by atoms with Crippen LogP contribution in [0.15, 0.2) is 151 Å². The van der Waals surface area contributed by atoms with Gasteiger partial charge in [-0.3, -0.25) is 0 Å². The fourth-order valence-corrected chi connectivity index (χ4v) is 7.70. The Labute approximate surface area is 305 Å². The zero-order valence-corrected chi connectivity index (χ0v) is 30.0. The number of aromatic nitrogens is 4. The number of allylic oxidation sites excluding steroid dienone is 1. The van der Waals surface area contributed by atoms with E-state index in [0.29, 0.717) is 23.6 Å². The van der Waals surface area contributed by atoms with E-state index in [1.54, 1.807) is 6.92 Å². The molecule has 2 atom stereocenters. The average molecular weight is 686 g/mol. The molecule has 2 unspecified atom stereocenters. The Kier molecular flexibility index (Phi) is 9.22. The van der Waals surface area contributed by atoms with Gasteiger partial charge in [-0.2, -0.15) is 5.26 Å². The van der Waals surface area contributed by atoms with Crippen LogP contribution < -0.4 is 10.2 Å². The van der Waals surface area contributed by atoms with Crippen LogP contribution in [0.1, 0.15) is 63.6 Å². The molecule has 260 valence electrons. The lowest BCUT2D eigenvalue weighted by atomic mass is 9.77. The van der Waals surface area contributed by atoms with Gasteiger partial charge in [0.15, 0.2) is 5.82 Å². The molecule has 7 rings (SSSR count). The first-order valence-electron chi connectivity index (χ1n) is 17.9. The highest BCUT2D eigenvalue weighted by Gasteiger charge is 2.46. The van der Waals surface area contributed by atoms with Crippen molar-refractivity contribution < 1.29 is 5.11 Å². The summed E-state index contributed by atoms with van der Waals surface area (Å²) >= 11 is 0. The van der Waals surface area contributed by atoms with Crippen molar-refractivity contribution in [1.29, 1.82) is 5.26 Å². The molecule has 2 heterocycles. The monoisotopic (exact) mass is 685 g/mol. The van der Waals surface area contributed by atoms with Gasteiger partial charge in [0.2, 0.25) is 0 Å². The van der Waals surface area contributed by atoms with Crippen molar-refractivity contribution in [3.8, 4) is 28.6 Å². The highest BCUT2D eigenvalue weighted by Crippen LogP contribution is 2.44. The number of hydrogen-bond donors (Lipinski definition) is 2. The Bertz CT molecular complexity index is 2130. The zero-order valence-electron chi connectivity index (χ0n) is 30.0. The molecule has 1 aromatic heterocycles. The first-order chi connectivity index (χ1) is 25.3. The van der Waals surface area contributed by atoms with Crippen molar-refractivity contribution in [2.24, 2.45) is 0 Å². The standard InChI is InChI=1S/C44H43N7O/c1-5-30-43(4)46-40(42(3,52)6-2)39(31-45)50(43)36-28-26-32(27-29-36)37-24-16-17-25-38(37)41-47-48-49-51(41)44(33-18-10-7-11-19-33,34-20-12-8-13-21-34)35-22-14-9-15-23-35/h7-29,46,52H,5-6,30H2,1-4H3. The SMILES string of the molecule is CCCC1(C)NC(C(C)(O)CC)=C(C#N)N1c1ccc(-c2ccccc2-c2nnnn2C(c2ccccc2)(c2ccccc2)c2ccccc2)cc1. The van der Waals surface area contributed by atoms with E-state index in [1.807, 2.05) is 59.0 Å². The van der Waals surface area contributed by atoms with Crippen molar-refractivity contribution in [1.82, 2.24) is 25.5 Å². The molecular formula is C44H43N7O. The third-order valence-electron chi connectivity index (χ3n) is 10.4. The topological polar surface area (TPSA) is 103 Å². The van der Waals surface area contributed by atoms with Crippen molar-refractivity contribution in [2.75, 3.05) is 4.90 Å². The molecular weight excluding hydrogens is 643 g/mol. The molecule has 5 aromatic carbocycles. The number of nitrogens with zero attached hydrogens (tertiary/aromatic N) is 6. The van der Waals surface area contributed by atoms with Crippen molar-refractivity contribution in [2.45, 2.75) is 63.8 Å². The van der Waals surface area contributed by atoms with Gasteiger partial charge >= 0.3 is 0 Å². The van der Waals surface area contributed by atoms with Crippen LogP contribution in [0.25, 0.3) is 22.5 Å². The first kappa shape index (κ1) is 34.4. The molecule has 0 saturated heterocycles. The van der Waals surface area contributed by atoms with Crippen molar-refractivity contribution >= 4 is 5.69 Å². The van der Waals surface area contributed by atoms with E-state index in [-0.39, 0.29) is 0 Å². The van der Waals surface area contributed by atoms with Gasteiger partial charge in [0, 0.05) is 11.3 Å². The predicted molar refractivity (Wildman–Crippen MR) is 206 cm³/mol. The second-order valence-corrected chi connectivity index (χ2v) is 13.8. The van der Waals surface area contributed by atoms with E-state index in [2.05, 4.69) is 128 Å². The van der Waals surface area contributed by atoms with Crippen LogP contribution in [-0.2, 0) is 5.54 Å². The van der Waals surface area contributed by atoms with E-state index in [1.165, 1.54) is 0 Å². The normalized spacial score (nSPS) is 17.0. The highest BCUT2D eigenvalue weighted by molar-refractivity contribution is 5.82. The molecule has 8 heteroatoms. The summed E-state index contributed by atoms with van der Waals surface area (Å²) in [6.07, 6.45) is 2.16. The summed E-state index contributed by atoms with van der Waals surface area (Å²) < 4.78 is 1.96. The number of rotatable bonds is 11.